The minimum atomic E-state index is -0.0724. The van der Waals surface area contributed by atoms with Gasteiger partial charge in [-0.1, -0.05) is 18.2 Å². The van der Waals surface area contributed by atoms with Crippen molar-refractivity contribution in [2.45, 2.75) is 13.3 Å². The largest absolute Gasteiger partial charge is 0.493 e. The second-order valence-electron chi connectivity index (χ2n) is 5.57. The van der Waals surface area contributed by atoms with Gasteiger partial charge < -0.3 is 24.8 Å². The molecule has 0 aliphatic heterocycles. The van der Waals surface area contributed by atoms with Crippen molar-refractivity contribution in [3.8, 4) is 17.2 Å². The molecular weight excluding hydrogens is 332 g/mol. The average Bonchev–Trinajstić information content (AvgIpc) is 2.67. The number of carbonyl (C=O) groups is 1. The van der Waals surface area contributed by atoms with Crippen LogP contribution in [0, 0.1) is 0 Å². The number of rotatable bonds is 10. The van der Waals surface area contributed by atoms with Crippen LogP contribution in [0.4, 0.5) is 5.69 Å². The van der Waals surface area contributed by atoms with Crippen molar-refractivity contribution in [3.63, 3.8) is 0 Å². The lowest BCUT2D eigenvalue weighted by Crippen LogP contribution is -2.31. The number of benzene rings is 2. The molecule has 0 saturated carbocycles. The van der Waals surface area contributed by atoms with Gasteiger partial charge in [-0.25, -0.2) is 0 Å². The molecule has 0 atom stereocenters. The second-order valence-corrected chi connectivity index (χ2v) is 5.57. The molecule has 26 heavy (non-hydrogen) atoms. The number of nitrogens with one attached hydrogen (secondary N) is 2. The zero-order chi connectivity index (χ0) is 18.8. The number of para-hydroxylation sites is 2. The molecule has 2 rings (SSSR count). The van der Waals surface area contributed by atoms with E-state index in [1.165, 1.54) is 0 Å². The standard InChI is InChI=1S/C20H26N2O4/c1-4-26-17-8-6-5-7-16(17)22-14-20(23)21-12-11-15-9-10-18(24-2)19(13-15)25-3/h5-10,13,22H,4,11-12,14H2,1-3H3,(H,21,23). The Balaban J connectivity index is 1.79. The monoisotopic (exact) mass is 358 g/mol. The highest BCUT2D eigenvalue weighted by molar-refractivity contribution is 5.81. The Morgan fingerprint density at radius 2 is 1.77 bits per heavy atom. The third kappa shape index (κ3) is 5.58. The molecule has 0 aliphatic rings. The van der Waals surface area contributed by atoms with Gasteiger partial charge in [0.25, 0.3) is 0 Å². The van der Waals surface area contributed by atoms with Crippen molar-refractivity contribution >= 4 is 11.6 Å². The number of methoxy groups -OCH3 is 2. The van der Waals surface area contributed by atoms with Gasteiger partial charge in [0.15, 0.2) is 11.5 Å². The van der Waals surface area contributed by atoms with Crippen LogP contribution in [0.15, 0.2) is 42.5 Å². The zero-order valence-corrected chi connectivity index (χ0v) is 15.5. The number of hydrogen-bond donors (Lipinski definition) is 2. The van der Waals surface area contributed by atoms with Crippen molar-refractivity contribution in [2.75, 3.05) is 39.2 Å². The van der Waals surface area contributed by atoms with E-state index in [1.807, 2.05) is 49.4 Å². The number of hydrogen-bond acceptors (Lipinski definition) is 5. The average molecular weight is 358 g/mol. The fourth-order valence-corrected chi connectivity index (χ4v) is 2.51. The molecule has 0 fully saturated rings. The number of ether oxygens (including phenoxy) is 3. The predicted molar refractivity (Wildman–Crippen MR) is 102 cm³/mol. The van der Waals surface area contributed by atoms with E-state index in [9.17, 15) is 4.79 Å². The first-order valence-corrected chi connectivity index (χ1v) is 8.61. The molecule has 0 aliphatic carbocycles. The van der Waals surface area contributed by atoms with Crippen LogP contribution in [-0.2, 0) is 11.2 Å². The van der Waals surface area contributed by atoms with E-state index >= 15 is 0 Å². The van der Waals surface area contributed by atoms with Gasteiger partial charge in [0.05, 0.1) is 33.1 Å². The summed E-state index contributed by atoms with van der Waals surface area (Å²) in [5, 5.41) is 6.01. The maximum atomic E-state index is 12.0. The van der Waals surface area contributed by atoms with Crippen molar-refractivity contribution in [1.29, 1.82) is 0 Å². The minimum Gasteiger partial charge on any atom is -0.493 e. The second kappa shape index (κ2) is 10.2. The molecule has 1 amide bonds. The fraction of sp³-hybridized carbons (Fsp3) is 0.350. The molecule has 6 nitrogen and oxygen atoms in total. The summed E-state index contributed by atoms with van der Waals surface area (Å²) in [5.41, 5.74) is 1.88. The van der Waals surface area contributed by atoms with E-state index in [-0.39, 0.29) is 12.5 Å². The van der Waals surface area contributed by atoms with E-state index in [1.54, 1.807) is 14.2 Å². The molecule has 0 radical (unpaired) electrons. The van der Waals surface area contributed by atoms with Crippen LogP contribution < -0.4 is 24.8 Å². The summed E-state index contributed by atoms with van der Waals surface area (Å²) in [6.45, 7) is 3.24. The van der Waals surface area contributed by atoms with Crippen molar-refractivity contribution < 1.29 is 19.0 Å². The Morgan fingerprint density at radius 3 is 2.50 bits per heavy atom. The molecule has 140 valence electrons. The van der Waals surface area contributed by atoms with Crippen molar-refractivity contribution in [2.24, 2.45) is 0 Å². The summed E-state index contributed by atoms with van der Waals surface area (Å²) in [6.07, 6.45) is 0.710. The first-order chi connectivity index (χ1) is 12.7. The van der Waals surface area contributed by atoms with Crippen LogP contribution in [0.2, 0.25) is 0 Å². The quantitative estimate of drug-likeness (QED) is 0.683. The SMILES string of the molecule is CCOc1ccccc1NCC(=O)NCCc1ccc(OC)c(OC)c1. The highest BCUT2D eigenvalue weighted by Crippen LogP contribution is 2.27. The molecule has 0 aromatic heterocycles. The van der Waals surface area contributed by atoms with Gasteiger partial charge in [0, 0.05) is 6.54 Å². The number of amides is 1. The number of carbonyl (C=O) groups excluding carboxylic acids is 1. The summed E-state index contributed by atoms with van der Waals surface area (Å²) in [6, 6.07) is 13.3. The predicted octanol–water partition coefficient (Wildman–Crippen LogP) is 2.87. The Bertz CT molecular complexity index is 719. The molecule has 0 bridgehead atoms. The molecule has 2 aromatic carbocycles. The van der Waals surface area contributed by atoms with E-state index in [4.69, 9.17) is 14.2 Å². The molecule has 0 saturated heterocycles. The lowest BCUT2D eigenvalue weighted by atomic mass is 10.1. The Kier molecular flexibility index (Phi) is 7.61. The summed E-state index contributed by atoms with van der Waals surface area (Å²) in [4.78, 5) is 12.0. The smallest absolute Gasteiger partial charge is 0.239 e. The lowest BCUT2D eigenvalue weighted by Gasteiger charge is -2.12. The topological polar surface area (TPSA) is 68.8 Å². The normalized spacial score (nSPS) is 10.1. The summed E-state index contributed by atoms with van der Waals surface area (Å²) >= 11 is 0. The maximum Gasteiger partial charge on any atom is 0.239 e. The molecule has 0 spiro atoms. The van der Waals surface area contributed by atoms with E-state index in [2.05, 4.69) is 10.6 Å². The van der Waals surface area contributed by atoms with Gasteiger partial charge >= 0.3 is 0 Å². The minimum absolute atomic E-state index is 0.0724. The zero-order valence-electron chi connectivity index (χ0n) is 15.5. The van der Waals surface area contributed by atoms with Crippen LogP contribution in [0.5, 0.6) is 17.2 Å². The molecule has 0 unspecified atom stereocenters. The van der Waals surface area contributed by atoms with Crippen LogP contribution in [0.1, 0.15) is 12.5 Å². The third-order valence-electron chi connectivity index (χ3n) is 3.81. The van der Waals surface area contributed by atoms with Crippen LogP contribution in [0.3, 0.4) is 0 Å². The van der Waals surface area contributed by atoms with Crippen molar-refractivity contribution in [1.82, 2.24) is 5.32 Å². The number of anilines is 1. The first-order valence-electron chi connectivity index (χ1n) is 8.61. The highest BCUT2D eigenvalue weighted by Gasteiger charge is 2.07. The van der Waals surface area contributed by atoms with E-state index < -0.39 is 0 Å². The van der Waals surface area contributed by atoms with Gasteiger partial charge in [-0.05, 0) is 43.2 Å². The van der Waals surface area contributed by atoms with Gasteiger partial charge in [0.2, 0.25) is 5.91 Å². The van der Waals surface area contributed by atoms with Gasteiger partial charge in [-0.3, -0.25) is 4.79 Å². The Labute approximate surface area is 154 Å². The summed E-state index contributed by atoms with van der Waals surface area (Å²) in [5.74, 6) is 2.05. The molecule has 6 heteroatoms. The maximum absolute atomic E-state index is 12.0. The van der Waals surface area contributed by atoms with Gasteiger partial charge in [0.1, 0.15) is 5.75 Å². The summed E-state index contributed by atoms with van der Waals surface area (Å²) in [7, 11) is 3.21. The van der Waals surface area contributed by atoms with Crippen LogP contribution in [-0.4, -0.2) is 39.8 Å². The van der Waals surface area contributed by atoms with Gasteiger partial charge in [-0.15, -0.1) is 0 Å². The molecule has 0 heterocycles. The lowest BCUT2D eigenvalue weighted by molar-refractivity contribution is -0.119. The van der Waals surface area contributed by atoms with Crippen LogP contribution >= 0.6 is 0 Å². The molecule has 2 aromatic rings. The third-order valence-corrected chi connectivity index (χ3v) is 3.81. The highest BCUT2D eigenvalue weighted by atomic mass is 16.5. The van der Waals surface area contributed by atoms with E-state index in [0.29, 0.717) is 31.1 Å². The van der Waals surface area contributed by atoms with Gasteiger partial charge in [-0.2, -0.15) is 0 Å². The summed E-state index contributed by atoms with van der Waals surface area (Å²) < 4.78 is 16.0. The first kappa shape index (κ1) is 19.4. The van der Waals surface area contributed by atoms with Crippen molar-refractivity contribution in [3.05, 3.63) is 48.0 Å². The van der Waals surface area contributed by atoms with Crippen LogP contribution in [0.25, 0.3) is 0 Å². The fourth-order valence-electron chi connectivity index (χ4n) is 2.51. The van der Waals surface area contributed by atoms with E-state index in [0.717, 1.165) is 17.0 Å². The molecular formula is C20H26N2O4. The Morgan fingerprint density at radius 1 is 1.00 bits per heavy atom. The molecule has 2 N–H and O–H groups in total. The Hall–Kier alpha value is -2.89.